The van der Waals surface area contributed by atoms with E-state index in [0.29, 0.717) is 31.1 Å². The molecule has 0 spiro atoms. The number of aromatic nitrogens is 4. The van der Waals surface area contributed by atoms with Crippen LogP contribution in [0.15, 0.2) is 53.2 Å². The summed E-state index contributed by atoms with van der Waals surface area (Å²) in [5, 5.41) is 4.07. The summed E-state index contributed by atoms with van der Waals surface area (Å²) < 4.78 is 39.0. The number of fused-ring (bicyclic) bond motifs is 5. The molecule has 4 aromatic heterocycles. The largest absolute Gasteiger partial charge is 0.476 e. The Bertz CT molecular complexity index is 1990. The minimum Gasteiger partial charge on any atom is -0.476 e. The highest BCUT2D eigenvalue weighted by molar-refractivity contribution is 7.88. The Kier molecular flexibility index (Phi) is 7.54. The minimum absolute atomic E-state index is 0.0760. The van der Waals surface area contributed by atoms with Gasteiger partial charge in [-0.25, -0.2) is 18.4 Å². The standard InChI is InChI=1S/C32H36N6O5S2/c1-32(2,3)28-15-22(35-43-28)14-25(39)13-20-5-7-21(8-6-20)26-19-37-27-9-10-29(34-30(27)44-31(37)33-26)42-12-11-36-17-24-16-23(36)18-38(24)45(4,40)41/h5-10,15,19,23-24H,11-14,16-18H2,1-4H3/t23-,24-/m0/s1. The van der Waals surface area contributed by atoms with Crippen LogP contribution in [0.1, 0.15) is 44.2 Å². The summed E-state index contributed by atoms with van der Waals surface area (Å²) in [4.78, 5) is 26.2. The lowest BCUT2D eigenvalue weighted by Gasteiger charge is -2.32. The van der Waals surface area contributed by atoms with Crippen molar-refractivity contribution in [3.8, 4) is 17.1 Å². The number of ether oxygens (including phenoxy) is 1. The smallest absolute Gasteiger partial charge is 0.214 e. The fourth-order valence-electron chi connectivity index (χ4n) is 6.28. The first-order valence-corrected chi connectivity index (χ1v) is 17.8. The van der Waals surface area contributed by atoms with Gasteiger partial charge >= 0.3 is 0 Å². The van der Waals surface area contributed by atoms with Gasteiger partial charge in [0.1, 0.15) is 23.0 Å². The van der Waals surface area contributed by atoms with Gasteiger partial charge in [-0.2, -0.15) is 4.31 Å². The van der Waals surface area contributed by atoms with Crippen LogP contribution in [0.3, 0.4) is 0 Å². The highest BCUT2D eigenvalue weighted by Gasteiger charge is 2.46. The third-order valence-corrected chi connectivity index (χ3v) is 10.9. The van der Waals surface area contributed by atoms with Crippen LogP contribution in [0, 0.1) is 0 Å². The molecule has 1 aromatic carbocycles. The topological polar surface area (TPSA) is 123 Å². The number of piperazine rings is 1. The molecule has 11 nitrogen and oxygen atoms in total. The molecule has 2 bridgehead atoms. The molecule has 2 atom stereocenters. The summed E-state index contributed by atoms with van der Waals surface area (Å²) in [7, 11) is -3.14. The predicted molar refractivity (Wildman–Crippen MR) is 172 cm³/mol. The fraction of sp³-hybridized carbons (Fsp3) is 0.438. The van der Waals surface area contributed by atoms with Gasteiger partial charge in [0.05, 0.1) is 29.6 Å². The number of carbonyl (C=O) groups is 1. The molecule has 2 aliphatic rings. The summed E-state index contributed by atoms with van der Waals surface area (Å²) in [6.07, 6.45) is 4.77. The summed E-state index contributed by atoms with van der Waals surface area (Å²) in [5.41, 5.74) is 4.26. The Balaban J connectivity index is 0.951. The maximum atomic E-state index is 12.7. The third kappa shape index (κ3) is 6.14. The van der Waals surface area contributed by atoms with Gasteiger partial charge in [0, 0.05) is 67.4 Å². The van der Waals surface area contributed by atoms with Crippen molar-refractivity contribution in [3.05, 3.63) is 65.7 Å². The molecule has 2 aliphatic heterocycles. The Labute approximate surface area is 265 Å². The highest BCUT2D eigenvalue weighted by Crippen LogP contribution is 2.33. The number of imidazole rings is 1. The number of ketones is 1. The molecule has 0 aliphatic carbocycles. The monoisotopic (exact) mass is 648 g/mol. The van der Waals surface area contributed by atoms with Gasteiger partial charge < -0.3 is 9.26 Å². The molecule has 2 saturated heterocycles. The van der Waals surface area contributed by atoms with Crippen molar-refractivity contribution in [3.63, 3.8) is 0 Å². The number of nitrogens with zero attached hydrogens (tertiary/aromatic N) is 6. The maximum absolute atomic E-state index is 12.7. The second-order valence-corrected chi connectivity index (χ2v) is 16.0. The second-order valence-electron chi connectivity index (χ2n) is 13.1. The lowest BCUT2D eigenvalue weighted by molar-refractivity contribution is -0.117. The quantitative estimate of drug-likeness (QED) is 0.218. The van der Waals surface area contributed by atoms with E-state index in [1.807, 2.05) is 53.1 Å². The zero-order valence-corrected chi connectivity index (χ0v) is 27.4. The van der Waals surface area contributed by atoms with Crippen LogP contribution in [0.2, 0.25) is 0 Å². The van der Waals surface area contributed by atoms with E-state index in [0.717, 1.165) is 57.4 Å². The zero-order valence-electron chi connectivity index (χ0n) is 25.8. The van der Waals surface area contributed by atoms with E-state index in [1.54, 1.807) is 4.31 Å². The van der Waals surface area contributed by atoms with E-state index in [4.69, 9.17) is 19.2 Å². The van der Waals surface area contributed by atoms with E-state index in [2.05, 4.69) is 30.8 Å². The molecule has 0 unspecified atom stereocenters. The summed E-state index contributed by atoms with van der Waals surface area (Å²) in [5.74, 6) is 1.43. The first-order valence-electron chi connectivity index (χ1n) is 15.1. The van der Waals surface area contributed by atoms with E-state index < -0.39 is 10.0 Å². The Morgan fingerprint density at radius 3 is 2.56 bits per heavy atom. The zero-order chi connectivity index (χ0) is 31.5. The molecule has 45 heavy (non-hydrogen) atoms. The number of likely N-dealkylation sites (tertiary alicyclic amines) is 1. The number of thiazole rings is 1. The number of rotatable bonds is 10. The molecule has 0 amide bonds. The molecule has 7 rings (SSSR count). The SMILES string of the molecule is CC(C)(C)c1cc(CC(=O)Cc2ccc(-c3cn4c(n3)sc3nc(OCCN5C[C@@H]6C[C@H]5CN6S(C)(=O)=O)ccc34)cc2)no1. The van der Waals surface area contributed by atoms with E-state index >= 15 is 0 Å². The number of pyridine rings is 1. The van der Waals surface area contributed by atoms with Crippen molar-refractivity contribution in [1.82, 2.24) is 28.7 Å². The van der Waals surface area contributed by atoms with Gasteiger partial charge in [-0.1, -0.05) is 61.5 Å². The van der Waals surface area contributed by atoms with E-state index in [9.17, 15) is 13.2 Å². The van der Waals surface area contributed by atoms with Gasteiger partial charge in [-0.15, -0.1) is 0 Å². The van der Waals surface area contributed by atoms with Gasteiger partial charge in [0.25, 0.3) is 0 Å². The number of Topliss-reactive ketones (excluding diaryl/α,β-unsaturated/α-hetero) is 1. The maximum Gasteiger partial charge on any atom is 0.214 e. The summed E-state index contributed by atoms with van der Waals surface area (Å²) in [6.45, 7) is 8.71. The van der Waals surface area contributed by atoms with Crippen molar-refractivity contribution in [2.24, 2.45) is 0 Å². The number of carbonyl (C=O) groups excluding carboxylic acids is 1. The lowest BCUT2D eigenvalue weighted by Crippen LogP contribution is -2.49. The fourth-order valence-corrected chi connectivity index (χ4v) is 8.39. The molecule has 0 radical (unpaired) electrons. The normalized spacial score (nSPS) is 19.3. The van der Waals surface area contributed by atoms with Crippen molar-refractivity contribution in [2.75, 3.05) is 32.5 Å². The first-order chi connectivity index (χ1) is 21.4. The molecule has 0 N–H and O–H groups in total. The van der Waals surface area contributed by atoms with Gasteiger partial charge in [-0.3, -0.25) is 14.1 Å². The first kappa shape index (κ1) is 30.0. The van der Waals surface area contributed by atoms with Crippen LogP contribution in [0.5, 0.6) is 5.88 Å². The van der Waals surface area contributed by atoms with E-state index in [-0.39, 0.29) is 29.7 Å². The molecular formula is C32H36N6O5S2. The number of sulfonamides is 1. The number of benzene rings is 1. The van der Waals surface area contributed by atoms with Crippen molar-refractivity contribution >= 4 is 42.5 Å². The molecule has 6 heterocycles. The van der Waals surface area contributed by atoms with Crippen LogP contribution in [-0.4, -0.2) is 87.5 Å². The van der Waals surface area contributed by atoms with Gasteiger partial charge in [0.15, 0.2) is 4.96 Å². The molecule has 5 aromatic rings. The van der Waals surface area contributed by atoms with Crippen LogP contribution in [0.4, 0.5) is 0 Å². The predicted octanol–water partition coefficient (Wildman–Crippen LogP) is 4.35. The average Bonchev–Trinajstić information content (AvgIpc) is 3.79. The van der Waals surface area contributed by atoms with Crippen LogP contribution in [-0.2, 0) is 33.1 Å². The van der Waals surface area contributed by atoms with Crippen LogP contribution < -0.4 is 4.74 Å². The van der Waals surface area contributed by atoms with Crippen LogP contribution in [0.25, 0.3) is 26.6 Å². The average molecular weight is 649 g/mol. The third-order valence-electron chi connectivity index (χ3n) is 8.62. The van der Waals surface area contributed by atoms with Gasteiger partial charge in [-0.05, 0) is 18.1 Å². The highest BCUT2D eigenvalue weighted by atomic mass is 32.2. The van der Waals surface area contributed by atoms with Crippen molar-refractivity contribution in [2.45, 2.75) is 57.5 Å². The Morgan fingerprint density at radius 2 is 1.87 bits per heavy atom. The Hall–Kier alpha value is -3.65. The molecule has 13 heteroatoms. The van der Waals surface area contributed by atoms with Crippen LogP contribution >= 0.6 is 11.3 Å². The summed E-state index contributed by atoms with van der Waals surface area (Å²) >= 11 is 1.51. The number of hydrogen-bond acceptors (Lipinski definition) is 10. The Morgan fingerprint density at radius 1 is 1.07 bits per heavy atom. The number of hydrogen-bond donors (Lipinski definition) is 0. The molecule has 236 valence electrons. The van der Waals surface area contributed by atoms with Crippen molar-refractivity contribution < 1.29 is 22.5 Å². The minimum atomic E-state index is -3.14. The lowest BCUT2D eigenvalue weighted by atomic mass is 9.93. The molecule has 2 fully saturated rings. The van der Waals surface area contributed by atoms with Crippen molar-refractivity contribution in [1.29, 1.82) is 0 Å². The molecular weight excluding hydrogens is 613 g/mol. The molecule has 0 saturated carbocycles. The second kappa shape index (κ2) is 11.3. The summed E-state index contributed by atoms with van der Waals surface area (Å²) in [6, 6.07) is 14.0. The van der Waals surface area contributed by atoms with Gasteiger partial charge in [0.2, 0.25) is 15.9 Å². The van der Waals surface area contributed by atoms with E-state index in [1.165, 1.54) is 17.6 Å².